The highest BCUT2D eigenvalue weighted by atomic mass is 16.3. The molecule has 0 spiro atoms. The smallest absolute Gasteiger partial charge is 0.123 e. The number of allylic oxidation sites excluding steroid dienone is 2. The number of aliphatic hydroxyl groups excluding tert-OH is 1. The second-order valence-corrected chi connectivity index (χ2v) is 4.77. The first-order valence-electron chi connectivity index (χ1n) is 6.17. The van der Waals surface area contributed by atoms with Crippen molar-refractivity contribution >= 4 is 28.7 Å². The van der Waals surface area contributed by atoms with E-state index in [0.29, 0.717) is 5.76 Å². The largest absolute Gasteiger partial charge is 0.507 e. The third-order valence-corrected chi connectivity index (χ3v) is 3.81. The maximum atomic E-state index is 9.79. The summed E-state index contributed by atoms with van der Waals surface area (Å²) in [6, 6.07) is 8.48. The summed E-state index contributed by atoms with van der Waals surface area (Å²) in [6.45, 7) is 0. The van der Waals surface area contributed by atoms with Gasteiger partial charge in [0.15, 0.2) is 0 Å². The normalized spacial score (nSPS) is 15.7. The van der Waals surface area contributed by atoms with Crippen molar-refractivity contribution in [3.05, 3.63) is 64.1 Å². The van der Waals surface area contributed by atoms with Crippen molar-refractivity contribution in [2.75, 3.05) is 0 Å². The van der Waals surface area contributed by atoms with E-state index in [9.17, 15) is 5.11 Å². The maximum absolute atomic E-state index is 9.79. The monoisotopic (exact) mass is 232 g/mol. The van der Waals surface area contributed by atoms with E-state index in [2.05, 4.69) is 36.4 Å². The van der Waals surface area contributed by atoms with Crippen molar-refractivity contribution in [1.29, 1.82) is 0 Å². The molecule has 0 saturated heterocycles. The maximum Gasteiger partial charge on any atom is 0.123 e. The van der Waals surface area contributed by atoms with Gasteiger partial charge in [-0.05, 0) is 45.7 Å². The molecule has 4 rings (SSSR count). The highest BCUT2D eigenvalue weighted by Crippen LogP contribution is 2.23. The van der Waals surface area contributed by atoms with Gasteiger partial charge in [-0.25, -0.2) is 0 Å². The van der Waals surface area contributed by atoms with Gasteiger partial charge in [-0.15, -0.1) is 0 Å². The minimum atomic E-state index is 0.371. The van der Waals surface area contributed by atoms with Crippen molar-refractivity contribution < 1.29 is 5.11 Å². The topological polar surface area (TPSA) is 20.2 Å². The predicted molar refractivity (Wildman–Crippen MR) is 75.6 cm³/mol. The van der Waals surface area contributed by atoms with Crippen LogP contribution in [0.25, 0.3) is 28.7 Å². The van der Waals surface area contributed by atoms with Crippen LogP contribution in [-0.4, -0.2) is 5.11 Å². The van der Waals surface area contributed by atoms with Crippen molar-refractivity contribution in [1.82, 2.24) is 0 Å². The predicted octanol–water partition coefficient (Wildman–Crippen LogP) is 2.43. The van der Waals surface area contributed by atoms with E-state index in [0.717, 1.165) is 17.2 Å². The molecule has 0 amide bonds. The Kier molecular flexibility index (Phi) is 1.81. The van der Waals surface area contributed by atoms with Gasteiger partial charge in [-0.2, -0.15) is 0 Å². The summed E-state index contributed by atoms with van der Waals surface area (Å²) < 4.78 is 0. The van der Waals surface area contributed by atoms with Crippen LogP contribution >= 0.6 is 0 Å². The number of benzene rings is 2. The standard InChI is InChI=1S/C17H12O/c18-17-10-9-15-14-6-5-11-3-1-2-4-12(11)13(14)7-8-16(15)17/h1-3,5-10,18H,4H2. The van der Waals surface area contributed by atoms with E-state index in [4.69, 9.17) is 0 Å². The lowest BCUT2D eigenvalue weighted by Crippen LogP contribution is -2.13. The Balaban J connectivity index is 2.22. The second kappa shape index (κ2) is 3.36. The molecule has 1 nitrogen and oxygen atoms in total. The van der Waals surface area contributed by atoms with Crippen LogP contribution in [0.15, 0.2) is 42.5 Å². The Morgan fingerprint density at radius 1 is 0.944 bits per heavy atom. The van der Waals surface area contributed by atoms with E-state index in [1.807, 2.05) is 12.1 Å². The minimum absolute atomic E-state index is 0.371. The van der Waals surface area contributed by atoms with E-state index in [1.54, 1.807) is 6.08 Å². The first kappa shape index (κ1) is 9.72. The lowest BCUT2D eigenvalue weighted by Gasteiger charge is -2.10. The average molecular weight is 232 g/mol. The van der Waals surface area contributed by atoms with Gasteiger partial charge in [0.25, 0.3) is 0 Å². The zero-order valence-corrected chi connectivity index (χ0v) is 9.85. The molecule has 0 heterocycles. The molecular weight excluding hydrogens is 220 g/mol. The molecule has 0 radical (unpaired) electrons. The molecule has 1 N–H and O–H groups in total. The van der Waals surface area contributed by atoms with Gasteiger partial charge in [-0.3, -0.25) is 0 Å². The first-order chi connectivity index (χ1) is 8.84. The zero-order valence-electron chi connectivity index (χ0n) is 9.85. The number of hydrogen-bond donors (Lipinski definition) is 1. The van der Waals surface area contributed by atoms with Crippen LogP contribution in [0.3, 0.4) is 0 Å². The zero-order chi connectivity index (χ0) is 12.1. The summed E-state index contributed by atoms with van der Waals surface area (Å²) >= 11 is 0. The van der Waals surface area contributed by atoms with Gasteiger partial charge in [0.2, 0.25) is 0 Å². The molecule has 0 unspecified atom stereocenters. The highest BCUT2D eigenvalue weighted by Gasteiger charge is 2.11. The summed E-state index contributed by atoms with van der Waals surface area (Å²) in [5.74, 6) is 0.371. The Morgan fingerprint density at radius 2 is 1.83 bits per heavy atom. The molecule has 0 saturated carbocycles. The number of fused-ring (bicyclic) bond motifs is 5. The quantitative estimate of drug-likeness (QED) is 0.739. The number of hydrogen-bond acceptors (Lipinski definition) is 1. The van der Waals surface area contributed by atoms with Crippen LogP contribution in [-0.2, 0) is 6.42 Å². The van der Waals surface area contributed by atoms with E-state index in [1.165, 1.54) is 21.6 Å². The molecule has 0 atom stereocenters. The molecule has 2 aliphatic carbocycles. The van der Waals surface area contributed by atoms with Gasteiger partial charge in [0, 0.05) is 5.22 Å². The SMILES string of the molecule is OC1=c2ccc3c4c(ccc3c2C=C1)=CC=CC4. The number of aliphatic hydroxyl groups is 1. The summed E-state index contributed by atoms with van der Waals surface area (Å²) in [6.07, 6.45) is 11.2. The third-order valence-electron chi connectivity index (χ3n) is 3.81. The molecule has 86 valence electrons. The van der Waals surface area contributed by atoms with Crippen LogP contribution in [0.5, 0.6) is 0 Å². The Labute approximate surface area is 105 Å². The summed E-state index contributed by atoms with van der Waals surface area (Å²) in [5, 5.41) is 14.6. The molecule has 0 fully saturated rings. The molecule has 18 heavy (non-hydrogen) atoms. The van der Waals surface area contributed by atoms with Crippen LogP contribution in [0, 0.1) is 0 Å². The molecule has 2 aliphatic rings. The summed E-state index contributed by atoms with van der Waals surface area (Å²) in [7, 11) is 0. The van der Waals surface area contributed by atoms with Crippen molar-refractivity contribution in [3.8, 4) is 0 Å². The van der Waals surface area contributed by atoms with E-state index < -0.39 is 0 Å². The Bertz CT molecular complexity index is 851. The van der Waals surface area contributed by atoms with Gasteiger partial charge < -0.3 is 5.11 Å². The summed E-state index contributed by atoms with van der Waals surface area (Å²) in [4.78, 5) is 0. The minimum Gasteiger partial charge on any atom is -0.507 e. The lowest BCUT2D eigenvalue weighted by molar-refractivity contribution is 0.513. The molecule has 2 aromatic rings. The van der Waals surface area contributed by atoms with Crippen molar-refractivity contribution in [2.45, 2.75) is 6.42 Å². The molecule has 1 heteroatoms. The third kappa shape index (κ3) is 1.16. The van der Waals surface area contributed by atoms with Gasteiger partial charge >= 0.3 is 0 Å². The van der Waals surface area contributed by atoms with Crippen molar-refractivity contribution in [2.24, 2.45) is 0 Å². The first-order valence-corrected chi connectivity index (χ1v) is 6.17. The molecule has 0 bridgehead atoms. The fraction of sp³-hybridized carbons (Fsp3) is 0.0588. The fourth-order valence-electron chi connectivity index (χ4n) is 2.90. The van der Waals surface area contributed by atoms with Gasteiger partial charge in [0.1, 0.15) is 5.76 Å². The molecule has 0 aromatic heterocycles. The van der Waals surface area contributed by atoms with Crippen molar-refractivity contribution in [3.63, 3.8) is 0 Å². The van der Waals surface area contributed by atoms with Crippen LogP contribution < -0.4 is 10.4 Å². The molecule has 0 aliphatic heterocycles. The van der Waals surface area contributed by atoms with Gasteiger partial charge in [0.05, 0.1) is 0 Å². The summed E-state index contributed by atoms with van der Waals surface area (Å²) in [5.41, 5.74) is 2.53. The molecule has 2 aromatic carbocycles. The lowest BCUT2D eigenvalue weighted by atomic mass is 9.94. The Hall–Kier alpha value is -2.28. The average Bonchev–Trinajstić information content (AvgIpc) is 2.80. The van der Waals surface area contributed by atoms with Crippen LogP contribution in [0.1, 0.15) is 11.1 Å². The fourth-order valence-corrected chi connectivity index (χ4v) is 2.90. The highest BCUT2D eigenvalue weighted by molar-refractivity contribution is 5.96. The van der Waals surface area contributed by atoms with Crippen LogP contribution in [0.2, 0.25) is 0 Å². The van der Waals surface area contributed by atoms with Crippen LogP contribution in [0.4, 0.5) is 0 Å². The molecular formula is C17H12O. The van der Waals surface area contributed by atoms with Gasteiger partial charge in [-0.1, -0.05) is 42.5 Å². The Morgan fingerprint density at radius 3 is 2.78 bits per heavy atom. The number of rotatable bonds is 0. The van der Waals surface area contributed by atoms with E-state index >= 15 is 0 Å². The second-order valence-electron chi connectivity index (χ2n) is 4.77. The van der Waals surface area contributed by atoms with E-state index in [-0.39, 0.29) is 0 Å².